The van der Waals surface area contributed by atoms with Crippen LogP contribution in [-0.4, -0.2) is 22.7 Å². The Morgan fingerprint density at radius 2 is 1.52 bits per heavy atom. The predicted molar refractivity (Wildman–Crippen MR) is 179 cm³/mol. The first-order chi connectivity index (χ1) is 19.2. The number of amides is 1. The highest BCUT2D eigenvalue weighted by molar-refractivity contribution is 6.16. The van der Waals surface area contributed by atoms with E-state index < -0.39 is 0 Å². The van der Waals surface area contributed by atoms with Crippen molar-refractivity contribution in [2.45, 2.75) is 113 Å². The molecule has 0 saturated carbocycles. The highest BCUT2D eigenvalue weighted by atomic mass is 16.2. The number of fused-ring (bicyclic) bond motifs is 1. The molecule has 2 aliphatic rings. The zero-order valence-electron chi connectivity index (χ0n) is 27.0. The largest absolute Gasteiger partial charge is 0.289 e. The maximum atomic E-state index is 12.5. The van der Waals surface area contributed by atoms with Crippen molar-refractivity contribution in [3.05, 3.63) is 107 Å². The minimum Gasteiger partial charge on any atom is -0.289 e. The van der Waals surface area contributed by atoms with E-state index in [0.717, 1.165) is 30.7 Å². The van der Waals surface area contributed by atoms with Crippen LogP contribution in [-0.2, 0) is 17.6 Å². The normalized spacial score (nSPS) is 16.6. The molecule has 1 aliphatic heterocycles. The Morgan fingerprint density at radius 1 is 0.950 bits per heavy atom. The molecule has 0 saturated heterocycles. The van der Waals surface area contributed by atoms with Crippen LogP contribution >= 0.6 is 0 Å². The van der Waals surface area contributed by atoms with Crippen LogP contribution in [0, 0.1) is 0 Å². The minimum atomic E-state index is 0.00315. The summed E-state index contributed by atoms with van der Waals surface area (Å²) in [6.07, 6.45) is 19.8. The lowest BCUT2D eigenvalue weighted by Gasteiger charge is -2.32. The molecule has 0 unspecified atom stereocenters. The van der Waals surface area contributed by atoms with E-state index in [2.05, 4.69) is 95.3 Å². The Balaban J connectivity index is 0.000000716. The number of amidine groups is 1. The van der Waals surface area contributed by atoms with Gasteiger partial charge in [-0.25, -0.2) is 4.99 Å². The van der Waals surface area contributed by atoms with Crippen LogP contribution in [0.3, 0.4) is 0 Å². The van der Waals surface area contributed by atoms with Crippen molar-refractivity contribution in [2.75, 3.05) is 0 Å². The Morgan fingerprint density at radius 3 is 1.98 bits per heavy atom. The molecule has 1 heterocycles. The van der Waals surface area contributed by atoms with Gasteiger partial charge in [-0.2, -0.15) is 0 Å². The number of rotatable bonds is 8. The molecule has 1 aromatic carbocycles. The first-order valence-corrected chi connectivity index (χ1v) is 15.2. The third-order valence-electron chi connectivity index (χ3n) is 6.52. The van der Waals surface area contributed by atoms with Gasteiger partial charge in [0, 0.05) is 23.4 Å². The van der Waals surface area contributed by atoms with Gasteiger partial charge in [0.15, 0.2) is 0 Å². The van der Waals surface area contributed by atoms with Crippen LogP contribution in [0.1, 0.15) is 106 Å². The van der Waals surface area contributed by atoms with E-state index >= 15 is 0 Å². The van der Waals surface area contributed by atoms with Gasteiger partial charge in [0.25, 0.3) is 5.91 Å². The maximum absolute atomic E-state index is 12.5. The second-order valence-electron chi connectivity index (χ2n) is 9.91. The molecule has 0 N–H and O–H groups in total. The minimum absolute atomic E-state index is 0.00315. The summed E-state index contributed by atoms with van der Waals surface area (Å²) in [5.74, 6) is 0.726. The second-order valence-corrected chi connectivity index (χ2v) is 9.91. The van der Waals surface area contributed by atoms with Crippen LogP contribution in [0.4, 0.5) is 0 Å². The molecular weight excluding hydrogens is 488 g/mol. The number of unbranched alkanes of at least 4 members (excludes halogenated alkanes) is 2. The standard InChI is InChI=1S/C19H20N2O.C12H20.C4H10.C2H6/c1-4-14-9-10-18(22)21(19(14)20-13(2)3)17-11-15-7-5-6-8-16(15)12-17;1-5-7-8-12(4)10-9-11(3)6-2;1-3-4-2;1-2/h4-10,17H,2,11-12H2,1,3H3;6,9-10H,4-5,7-8H2,1-3H3;3-4H2,1-2H3;1-2H3/b14-4-,20-19?;10-9-,11-6-;;. The van der Waals surface area contributed by atoms with Gasteiger partial charge in [0.1, 0.15) is 5.84 Å². The van der Waals surface area contributed by atoms with E-state index in [0.29, 0.717) is 5.70 Å². The Kier molecular flexibility index (Phi) is 19.9. The Bertz CT molecular complexity index is 1050. The summed E-state index contributed by atoms with van der Waals surface area (Å²) in [4.78, 5) is 18.9. The van der Waals surface area contributed by atoms with Gasteiger partial charge < -0.3 is 0 Å². The van der Waals surface area contributed by atoms with Gasteiger partial charge >= 0.3 is 0 Å². The van der Waals surface area contributed by atoms with Gasteiger partial charge in [-0.05, 0) is 70.6 Å². The fourth-order valence-electron chi connectivity index (χ4n) is 3.99. The molecule has 0 bridgehead atoms. The summed E-state index contributed by atoms with van der Waals surface area (Å²) in [6, 6.07) is 8.53. The number of hydrogen-bond donors (Lipinski definition) is 0. The lowest BCUT2D eigenvalue weighted by atomic mass is 10.0. The lowest BCUT2D eigenvalue weighted by molar-refractivity contribution is -0.124. The number of carbonyl (C=O) groups is 1. The molecule has 0 spiro atoms. The van der Waals surface area contributed by atoms with Gasteiger partial charge in [0.05, 0.1) is 0 Å². The van der Waals surface area contributed by atoms with Crippen molar-refractivity contribution in [1.82, 2.24) is 4.90 Å². The van der Waals surface area contributed by atoms with E-state index in [-0.39, 0.29) is 11.9 Å². The zero-order chi connectivity index (χ0) is 30.5. The molecule has 40 heavy (non-hydrogen) atoms. The third-order valence-corrected chi connectivity index (χ3v) is 6.52. The Hall–Kier alpha value is -3.20. The summed E-state index contributed by atoms with van der Waals surface area (Å²) < 4.78 is 0. The van der Waals surface area contributed by atoms with Crippen LogP contribution in [0.15, 0.2) is 101 Å². The molecule has 3 heteroatoms. The van der Waals surface area contributed by atoms with E-state index in [1.807, 2.05) is 44.7 Å². The van der Waals surface area contributed by atoms with E-state index in [1.165, 1.54) is 48.0 Å². The van der Waals surface area contributed by atoms with Crippen LogP contribution in [0.5, 0.6) is 0 Å². The molecular formula is C37H56N2O. The molecule has 220 valence electrons. The van der Waals surface area contributed by atoms with Crippen LogP contribution < -0.4 is 0 Å². The summed E-state index contributed by atoms with van der Waals surface area (Å²) in [7, 11) is 0. The van der Waals surface area contributed by atoms with Gasteiger partial charge in [-0.1, -0.05) is 127 Å². The quantitative estimate of drug-likeness (QED) is 0.300. The number of carbonyl (C=O) groups excluding carboxylic acids is 1. The summed E-state index contributed by atoms with van der Waals surface area (Å²) in [6.45, 7) is 26.4. The molecule has 1 aliphatic carbocycles. The van der Waals surface area contributed by atoms with Gasteiger partial charge in [0.2, 0.25) is 0 Å². The molecule has 1 amide bonds. The zero-order valence-corrected chi connectivity index (χ0v) is 27.0. The molecule has 3 nitrogen and oxygen atoms in total. The number of hydrogen-bond acceptors (Lipinski definition) is 2. The molecule has 0 aromatic heterocycles. The van der Waals surface area contributed by atoms with Crippen molar-refractivity contribution in [2.24, 2.45) is 4.99 Å². The highest BCUT2D eigenvalue weighted by Gasteiger charge is 2.34. The molecule has 0 atom stereocenters. The van der Waals surface area contributed by atoms with Crippen molar-refractivity contribution in [1.29, 1.82) is 0 Å². The first-order valence-electron chi connectivity index (χ1n) is 15.2. The van der Waals surface area contributed by atoms with Crippen molar-refractivity contribution >= 4 is 11.7 Å². The predicted octanol–water partition coefficient (Wildman–Crippen LogP) is 10.5. The topological polar surface area (TPSA) is 32.7 Å². The maximum Gasteiger partial charge on any atom is 0.252 e. The summed E-state index contributed by atoms with van der Waals surface area (Å²) in [5, 5.41) is 0. The molecule has 3 rings (SSSR count). The number of nitrogens with zero attached hydrogens (tertiary/aromatic N) is 2. The average molecular weight is 545 g/mol. The van der Waals surface area contributed by atoms with Gasteiger partial charge in [-0.3, -0.25) is 9.69 Å². The highest BCUT2D eigenvalue weighted by Crippen LogP contribution is 2.29. The van der Waals surface area contributed by atoms with Crippen LogP contribution in [0.25, 0.3) is 0 Å². The SMILES string of the molecule is C=C(/C=C\C(C)=C/C)CCCC.C=C(C)N=C1/C(=C\C)C=CC(=O)N1C1Cc2ccccc2C1.CC.CCCC. The van der Waals surface area contributed by atoms with E-state index in [4.69, 9.17) is 0 Å². The van der Waals surface area contributed by atoms with E-state index in [9.17, 15) is 4.79 Å². The molecule has 1 aromatic rings. The number of benzene rings is 1. The lowest BCUT2D eigenvalue weighted by Crippen LogP contribution is -2.46. The Labute approximate surface area is 246 Å². The first kappa shape index (κ1) is 36.8. The fourth-order valence-corrected chi connectivity index (χ4v) is 3.99. The van der Waals surface area contributed by atoms with Crippen LogP contribution in [0.2, 0.25) is 0 Å². The monoisotopic (exact) mass is 544 g/mol. The molecule has 0 fully saturated rings. The average Bonchev–Trinajstić information content (AvgIpc) is 3.40. The van der Waals surface area contributed by atoms with Gasteiger partial charge in [-0.15, -0.1) is 0 Å². The van der Waals surface area contributed by atoms with E-state index in [1.54, 1.807) is 6.08 Å². The number of aliphatic imine (C=N–C) groups is 1. The van der Waals surface area contributed by atoms with Crippen molar-refractivity contribution < 1.29 is 4.79 Å². The fraction of sp³-hybridized carbons (Fsp3) is 0.459. The summed E-state index contributed by atoms with van der Waals surface area (Å²) in [5.41, 5.74) is 6.86. The molecule has 0 radical (unpaired) electrons. The van der Waals surface area contributed by atoms with Crippen molar-refractivity contribution in [3.8, 4) is 0 Å². The second kappa shape index (κ2) is 21.6. The smallest absolute Gasteiger partial charge is 0.252 e. The summed E-state index contributed by atoms with van der Waals surface area (Å²) >= 11 is 0. The number of allylic oxidation sites excluding steroid dienone is 7. The van der Waals surface area contributed by atoms with Crippen molar-refractivity contribution in [3.63, 3.8) is 0 Å². The third kappa shape index (κ3) is 13.2.